The fraction of sp³-hybridized carbons (Fsp3) is 1.00. The number of hydrogen-bond acceptors (Lipinski definition) is 3. The van der Waals surface area contributed by atoms with Gasteiger partial charge in [-0.3, -0.25) is 5.32 Å². The molecule has 0 rings (SSSR count). The summed E-state index contributed by atoms with van der Waals surface area (Å²) in [7, 11) is 0. The molecule has 3 heteroatoms. The fourth-order valence-electron chi connectivity index (χ4n) is 3.54. The van der Waals surface area contributed by atoms with E-state index in [4.69, 9.17) is 0 Å². The summed E-state index contributed by atoms with van der Waals surface area (Å²) in [6, 6.07) is 0.159. The Morgan fingerprint density at radius 1 is 0.640 bits per heavy atom. The lowest BCUT2D eigenvalue weighted by molar-refractivity contribution is -0.175. The molecule has 0 spiro atoms. The first-order valence-electron chi connectivity index (χ1n) is 11.2. The molecule has 0 heterocycles. The third kappa shape index (κ3) is 21.8. The van der Waals surface area contributed by atoms with Crippen LogP contribution in [0, 0.1) is 0 Å². The molecule has 152 valence electrons. The molecular formula is C22H47NO2. The molecule has 3 N–H and O–H groups in total. The van der Waals surface area contributed by atoms with E-state index in [2.05, 4.69) is 12.2 Å². The standard InChI is InChI=1S/C22H47NO2/c1-4-5-6-7-8-9-10-11-12-13-14-15-16-17-18-19-20-21(2)23-22(3,24)25/h21,23-25H,4-20H2,1-3H3. The molecule has 0 radical (unpaired) electrons. The van der Waals surface area contributed by atoms with Crippen molar-refractivity contribution in [2.45, 2.75) is 142 Å². The topological polar surface area (TPSA) is 52.5 Å². The highest BCUT2D eigenvalue weighted by Crippen LogP contribution is 2.14. The van der Waals surface area contributed by atoms with Gasteiger partial charge in [-0.1, -0.05) is 110 Å². The summed E-state index contributed by atoms with van der Waals surface area (Å²) in [6.07, 6.45) is 23.2. The van der Waals surface area contributed by atoms with Crippen LogP contribution in [0.25, 0.3) is 0 Å². The largest absolute Gasteiger partial charge is 0.354 e. The van der Waals surface area contributed by atoms with E-state index in [1.54, 1.807) is 0 Å². The van der Waals surface area contributed by atoms with Crippen LogP contribution >= 0.6 is 0 Å². The maximum absolute atomic E-state index is 9.27. The van der Waals surface area contributed by atoms with Crippen LogP contribution in [-0.4, -0.2) is 22.2 Å². The summed E-state index contributed by atoms with van der Waals surface area (Å²) in [6.45, 7) is 5.66. The van der Waals surface area contributed by atoms with Gasteiger partial charge in [0.2, 0.25) is 5.91 Å². The number of hydrogen-bond donors (Lipinski definition) is 3. The highest BCUT2D eigenvalue weighted by molar-refractivity contribution is 4.64. The SMILES string of the molecule is CCCCCCCCCCCCCCCCCCC(C)NC(C)(O)O. The molecular weight excluding hydrogens is 310 g/mol. The zero-order valence-corrected chi connectivity index (χ0v) is 17.5. The van der Waals surface area contributed by atoms with Crippen molar-refractivity contribution >= 4 is 0 Å². The van der Waals surface area contributed by atoms with Crippen molar-refractivity contribution in [1.29, 1.82) is 0 Å². The van der Waals surface area contributed by atoms with E-state index in [1.165, 1.54) is 110 Å². The Balaban J connectivity index is 3.12. The van der Waals surface area contributed by atoms with Crippen molar-refractivity contribution in [3.63, 3.8) is 0 Å². The van der Waals surface area contributed by atoms with Crippen molar-refractivity contribution in [2.24, 2.45) is 0 Å². The second kappa shape index (κ2) is 17.3. The van der Waals surface area contributed by atoms with E-state index in [0.29, 0.717) is 0 Å². The highest BCUT2D eigenvalue weighted by Gasteiger charge is 2.16. The lowest BCUT2D eigenvalue weighted by Gasteiger charge is -2.23. The zero-order valence-electron chi connectivity index (χ0n) is 17.5. The Bertz CT molecular complexity index is 263. The van der Waals surface area contributed by atoms with Crippen LogP contribution in [0.2, 0.25) is 0 Å². The molecule has 0 aliphatic rings. The Hall–Kier alpha value is -0.120. The summed E-state index contributed by atoms with van der Waals surface area (Å²) >= 11 is 0. The minimum Gasteiger partial charge on any atom is -0.354 e. The third-order valence-corrected chi connectivity index (χ3v) is 5.01. The molecule has 0 aromatic carbocycles. The molecule has 25 heavy (non-hydrogen) atoms. The quantitative estimate of drug-likeness (QED) is 0.188. The van der Waals surface area contributed by atoms with E-state index in [0.717, 1.165) is 6.42 Å². The van der Waals surface area contributed by atoms with Gasteiger partial charge in [-0.2, -0.15) is 0 Å². The smallest absolute Gasteiger partial charge is 0.219 e. The van der Waals surface area contributed by atoms with E-state index in [1.807, 2.05) is 6.92 Å². The van der Waals surface area contributed by atoms with Gasteiger partial charge in [0.05, 0.1) is 0 Å². The number of nitrogens with one attached hydrogen (secondary N) is 1. The average molecular weight is 358 g/mol. The third-order valence-electron chi connectivity index (χ3n) is 5.01. The summed E-state index contributed by atoms with van der Waals surface area (Å²) in [5.41, 5.74) is 0. The number of aliphatic hydroxyl groups is 2. The molecule has 1 unspecified atom stereocenters. The molecule has 0 aromatic rings. The highest BCUT2D eigenvalue weighted by atomic mass is 16.5. The Kier molecular flexibility index (Phi) is 17.2. The zero-order chi connectivity index (χ0) is 18.8. The number of unbranched alkanes of at least 4 members (excludes halogenated alkanes) is 15. The molecule has 0 saturated heterocycles. The summed E-state index contributed by atoms with van der Waals surface area (Å²) in [4.78, 5) is 0. The van der Waals surface area contributed by atoms with Gasteiger partial charge in [0.15, 0.2) is 0 Å². The van der Waals surface area contributed by atoms with E-state index < -0.39 is 5.91 Å². The van der Waals surface area contributed by atoms with Gasteiger partial charge in [-0.25, -0.2) is 0 Å². The molecule has 1 atom stereocenters. The van der Waals surface area contributed by atoms with Crippen molar-refractivity contribution in [3.05, 3.63) is 0 Å². The van der Waals surface area contributed by atoms with Crippen LogP contribution in [0.3, 0.4) is 0 Å². The molecule has 0 aliphatic carbocycles. The molecule has 0 amide bonds. The molecule has 0 fully saturated rings. The van der Waals surface area contributed by atoms with Gasteiger partial charge in [0, 0.05) is 13.0 Å². The molecule has 0 bridgehead atoms. The van der Waals surface area contributed by atoms with Crippen molar-refractivity contribution < 1.29 is 10.2 Å². The van der Waals surface area contributed by atoms with E-state index >= 15 is 0 Å². The average Bonchev–Trinajstić information content (AvgIpc) is 2.53. The molecule has 3 nitrogen and oxygen atoms in total. The van der Waals surface area contributed by atoms with Crippen LogP contribution in [0.15, 0.2) is 0 Å². The van der Waals surface area contributed by atoms with Crippen LogP contribution in [0.5, 0.6) is 0 Å². The fourth-order valence-corrected chi connectivity index (χ4v) is 3.54. The van der Waals surface area contributed by atoms with Gasteiger partial charge in [-0.15, -0.1) is 0 Å². The molecule has 0 aliphatic heterocycles. The Morgan fingerprint density at radius 2 is 0.960 bits per heavy atom. The van der Waals surface area contributed by atoms with E-state index in [-0.39, 0.29) is 6.04 Å². The lowest BCUT2D eigenvalue weighted by atomic mass is 10.0. The Morgan fingerprint density at radius 3 is 1.28 bits per heavy atom. The van der Waals surface area contributed by atoms with Gasteiger partial charge in [0.1, 0.15) is 0 Å². The maximum atomic E-state index is 9.27. The van der Waals surface area contributed by atoms with Crippen LogP contribution in [-0.2, 0) is 0 Å². The summed E-state index contributed by atoms with van der Waals surface area (Å²) in [5.74, 6) is -1.74. The minimum absolute atomic E-state index is 0.159. The first kappa shape index (κ1) is 24.9. The predicted octanol–water partition coefficient (Wildman–Crippen LogP) is 6.27. The second-order valence-electron chi connectivity index (χ2n) is 8.16. The van der Waals surface area contributed by atoms with Gasteiger partial charge >= 0.3 is 0 Å². The van der Waals surface area contributed by atoms with Gasteiger partial charge < -0.3 is 10.2 Å². The number of rotatable bonds is 19. The van der Waals surface area contributed by atoms with Crippen LogP contribution < -0.4 is 5.32 Å². The monoisotopic (exact) mass is 357 g/mol. The second-order valence-corrected chi connectivity index (χ2v) is 8.16. The van der Waals surface area contributed by atoms with Gasteiger partial charge in [0.25, 0.3) is 0 Å². The van der Waals surface area contributed by atoms with Crippen LogP contribution in [0.1, 0.15) is 130 Å². The maximum Gasteiger partial charge on any atom is 0.219 e. The molecule has 0 saturated carbocycles. The first-order valence-corrected chi connectivity index (χ1v) is 11.2. The lowest BCUT2D eigenvalue weighted by Crippen LogP contribution is -2.46. The Labute approximate surface area is 158 Å². The van der Waals surface area contributed by atoms with Crippen LogP contribution in [0.4, 0.5) is 0 Å². The normalized spacial score (nSPS) is 13.3. The molecule has 0 aromatic heterocycles. The van der Waals surface area contributed by atoms with Crippen molar-refractivity contribution in [2.75, 3.05) is 0 Å². The summed E-state index contributed by atoms with van der Waals surface area (Å²) in [5, 5.41) is 21.3. The first-order chi connectivity index (χ1) is 12.0. The minimum atomic E-state index is -1.74. The van der Waals surface area contributed by atoms with Gasteiger partial charge in [-0.05, 0) is 13.3 Å². The predicted molar refractivity (Wildman–Crippen MR) is 110 cm³/mol. The van der Waals surface area contributed by atoms with Crippen molar-refractivity contribution in [1.82, 2.24) is 5.32 Å². The summed E-state index contributed by atoms with van der Waals surface area (Å²) < 4.78 is 0. The van der Waals surface area contributed by atoms with E-state index in [9.17, 15) is 10.2 Å². The van der Waals surface area contributed by atoms with Crippen molar-refractivity contribution in [3.8, 4) is 0 Å².